The third kappa shape index (κ3) is 5.71. The quantitative estimate of drug-likeness (QED) is 0.762. The highest BCUT2D eigenvalue weighted by atomic mass is 15.2. The van der Waals surface area contributed by atoms with Gasteiger partial charge in [0.05, 0.1) is 0 Å². The van der Waals surface area contributed by atoms with Crippen molar-refractivity contribution in [2.45, 2.75) is 32.9 Å². The first kappa shape index (κ1) is 15.4. The minimum absolute atomic E-state index is 0.116. The van der Waals surface area contributed by atoms with Crippen molar-refractivity contribution in [2.24, 2.45) is 0 Å². The maximum absolute atomic E-state index is 4.42. The van der Waals surface area contributed by atoms with E-state index in [4.69, 9.17) is 0 Å². The van der Waals surface area contributed by atoms with Gasteiger partial charge in [0.2, 0.25) is 0 Å². The Morgan fingerprint density at radius 1 is 1.26 bits per heavy atom. The molecule has 0 saturated heterocycles. The number of rotatable bonds is 7. The minimum atomic E-state index is 0.116. The lowest BCUT2D eigenvalue weighted by Gasteiger charge is -2.23. The molecule has 0 amide bonds. The molecule has 1 heterocycles. The molecule has 1 rings (SSSR count). The Labute approximate surface area is 117 Å². The second-order valence-electron chi connectivity index (χ2n) is 5.61. The molecule has 0 bridgehead atoms. The van der Waals surface area contributed by atoms with Crippen molar-refractivity contribution in [3.63, 3.8) is 0 Å². The van der Waals surface area contributed by atoms with Crippen LogP contribution in [0, 0.1) is 0 Å². The van der Waals surface area contributed by atoms with Crippen LogP contribution in [0.4, 0.5) is 5.82 Å². The summed E-state index contributed by atoms with van der Waals surface area (Å²) in [6, 6.07) is 4.16. The first-order valence-electron chi connectivity index (χ1n) is 6.63. The first-order valence-corrected chi connectivity index (χ1v) is 6.63. The van der Waals surface area contributed by atoms with Crippen molar-refractivity contribution in [2.75, 3.05) is 18.0 Å². The van der Waals surface area contributed by atoms with Crippen LogP contribution in [0.5, 0.6) is 0 Å². The van der Waals surface area contributed by atoms with E-state index >= 15 is 0 Å². The van der Waals surface area contributed by atoms with Gasteiger partial charge in [-0.25, -0.2) is 4.98 Å². The van der Waals surface area contributed by atoms with E-state index in [-0.39, 0.29) is 5.54 Å². The first-order chi connectivity index (χ1) is 8.96. The van der Waals surface area contributed by atoms with E-state index in [1.807, 2.05) is 24.4 Å². The zero-order valence-corrected chi connectivity index (χ0v) is 12.3. The second kappa shape index (κ2) is 7.10. The Balaban J connectivity index is 2.79. The summed E-state index contributed by atoms with van der Waals surface area (Å²) in [7, 11) is 0. The van der Waals surface area contributed by atoms with Gasteiger partial charge in [0.25, 0.3) is 0 Å². The summed E-state index contributed by atoms with van der Waals surface area (Å²) >= 11 is 0. The molecule has 0 aliphatic heterocycles. The van der Waals surface area contributed by atoms with Crippen LogP contribution >= 0.6 is 0 Å². The van der Waals surface area contributed by atoms with E-state index in [0.29, 0.717) is 0 Å². The average molecular weight is 259 g/mol. The van der Waals surface area contributed by atoms with Crippen molar-refractivity contribution < 1.29 is 0 Å². The summed E-state index contributed by atoms with van der Waals surface area (Å²) in [6.07, 6.45) is 5.62. The Hall–Kier alpha value is -1.61. The molecule has 104 valence electrons. The molecule has 1 aromatic rings. The van der Waals surface area contributed by atoms with Gasteiger partial charge in [0, 0.05) is 31.4 Å². The molecule has 0 saturated carbocycles. The molecule has 1 N–H and O–H groups in total. The van der Waals surface area contributed by atoms with E-state index in [1.54, 1.807) is 0 Å². The normalized spacial score (nSPS) is 11.1. The fourth-order valence-corrected chi connectivity index (χ4v) is 1.68. The van der Waals surface area contributed by atoms with Gasteiger partial charge >= 0.3 is 0 Å². The lowest BCUT2D eigenvalue weighted by atomic mass is 10.1. The van der Waals surface area contributed by atoms with Gasteiger partial charge in [0.1, 0.15) is 5.82 Å². The molecule has 1 aromatic heterocycles. The third-order valence-electron chi connectivity index (χ3n) is 2.66. The Morgan fingerprint density at radius 2 is 1.89 bits per heavy atom. The maximum Gasteiger partial charge on any atom is 0.129 e. The summed E-state index contributed by atoms with van der Waals surface area (Å²) < 4.78 is 0. The standard InChI is InChI=1S/C16H25N3/c1-6-10-19(11-7-2)15-12-14(8-9-17-15)13-18-16(3,4)5/h6-9,12,18H,1-2,10-11,13H2,3-5H3. The third-order valence-corrected chi connectivity index (χ3v) is 2.66. The monoisotopic (exact) mass is 259 g/mol. The van der Waals surface area contributed by atoms with Crippen molar-refractivity contribution in [1.29, 1.82) is 0 Å². The highest BCUT2D eigenvalue weighted by Crippen LogP contribution is 2.13. The molecule has 0 aromatic carbocycles. The molecule has 0 aliphatic rings. The van der Waals surface area contributed by atoms with Crippen LogP contribution in [0.3, 0.4) is 0 Å². The highest BCUT2D eigenvalue weighted by Gasteiger charge is 2.10. The van der Waals surface area contributed by atoms with E-state index in [0.717, 1.165) is 25.5 Å². The Morgan fingerprint density at radius 3 is 2.42 bits per heavy atom. The van der Waals surface area contributed by atoms with Gasteiger partial charge in [-0.2, -0.15) is 0 Å². The summed E-state index contributed by atoms with van der Waals surface area (Å²) in [5, 5.41) is 3.48. The number of hydrogen-bond acceptors (Lipinski definition) is 3. The van der Waals surface area contributed by atoms with E-state index in [1.165, 1.54) is 5.56 Å². The number of pyridine rings is 1. The Kier molecular flexibility index (Phi) is 5.77. The molecule has 0 fully saturated rings. The SMILES string of the molecule is C=CCN(CC=C)c1cc(CNC(C)(C)C)ccn1. The number of hydrogen-bond donors (Lipinski definition) is 1. The highest BCUT2D eigenvalue weighted by molar-refractivity contribution is 5.42. The average Bonchev–Trinajstić information content (AvgIpc) is 2.36. The molecule has 3 heteroatoms. The summed E-state index contributed by atoms with van der Waals surface area (Å²) in [4.78, 5) is 6.56. The van der Waals surface area contributed by atoms with Crippen LogP contribution < -0.4 is 10.2 Å². The van der Waals surface area contributed by atoms with Crippen LogP contribution in [0.2, 0.25) is 0 Å². The van der Waals surface area contributed by atoms with Crippen molar-refractivity contribution in [3.05, 3.63) is 49.2 Å². The van der Waals surface area contributed by atoms with Gasteiger partial charge in [-0.1, -0.05) is 12.2 Å². The predicted octanol–water partition coefficient (Wildman–Crippen LogP) is 3.15. The molecule has 0 atom stereocenters. The van der Waals surface area contributed by atoms with Gasteiger partial charge in [-0.15, -0.1) is 13.2 Å². The van der Waals surface area contributed by atoms with Crippen LogP contribution in [0.15, 0.2) is 43.6 Å². The smallest absolute Gasteiger partial charge is 0.129 e. The number of aromatic nitrogens is 1. The van der Waals surface area contributed by atoms with Gasteiger partial charge < -0.3 is 10.2 Å². The van der Waals surface area contributed by atoms with Crippen molar-refractivity contribution in [1.82, 2.24) is 10.3 Å². The topological polar surface area (TPSA) is 28.2 Å². The minimum Gasteiger partial charge on any atom is -0.349 e. The van der Waals surface area contributed by atoms with E-state index in [9.17, 15) is 0 Å². The summed E-state index contributed by atoms with van der Waals surface area (Å²) in [5.41, 5.74) is 1.35. The molecule has 3 nitrogen and oxygen atoms in total. The van der Waals surface area contributed by atoms with Crippen molar-refractivity contribution in [3.8, 4) is 0 Å². The van der Waals surface area contributed by atoms with Crippen LogP contribution in [-0.4, -0.2) is 23.6 Å². The van der Waals surface area contributed by atoms with Gasteiger partial charge in [-0.05, 0) is 38.5 Å². The van der Waals surface area contributed by atoms with Crippen LogP contribution in [-0.2, 0) is 6.54 Å². The lowest BCUT2D eigenvalue weighted by molar-refractivity contribution is 0.424. The molecule has 0 spiro atoms. The number of nitrogens with one attached hydrogen (secondary N) is 1. The molecule has 19 heavy (non-hydrogen) atoms. The van der Waals surface area contributed by atoms with E-state index < -0.39 is 0 Å². The number of anilines is 1. The fraction of sp³-hybridized carbons (Fsp3) is 0.438. The van der Waals surface area contributed by atoms with Gasteiger partial charge in [-0.3, -0.25) is 0 Å². The van der Waals surface area contributed by atoms with Crippen LogP contribution in [0.1, 0.15) is 26.3 Å². The Bertz CT molecular complexity index is 408. The maximum atomic E-state index is 4.42. The van der Waals surface area contributed by atoms with Gasteiger partial charge in [0.15, 0.2) is 0 Å². The summed E-state index contributed by atoms with van der Waals surface area (Å²) in [5.74, 6) is 0.966. The van der Waals surface area contributed by atoms with E-state index in [2.05, 4.69) is 55.2 Å². The zero-order chi connectivity index (χ0) is 14.3. The molecule has 0 aliphatic carbocycles. The fourth-order valence-electron chi connectivity index (χ4n) is 1.68. The van der Waals surface area contributed by atoms with Crippen molar-refractivity contribution >= 4 is 5.82 Å². The van der Waals surface area contributed by atoms with Crippen LogP contribution in [0.25, 0.3) is 0 Å². The lowest BCUT2D eigenvalue weighted by Crippen LogP contribution is -2.35. The largest absolute Gasteiger partial charge is 0.349 e. The molecular weight excluding hydrogens is 234 g/mol. The number of nitrogens with zero attached hydrogens (tertiary/aromatic N) is 2. The summed E-state index contributed by atoms with van der Waals surface area (Å²) in [6.45, 7) is 16.4. The molecule has 0 radical (unpaired) electrons. The second-order valence-corrected chi connectivity index (χ2v) is 5.61. The zero-order valence-electron chi connectivity index (χ0n) is 12.3. The predicted molar refractivity (Wildman–Crippen MR) is 83.4 cm³/mol. The molecule has 0 unspecified atom stereocenters. The molecular formula is C16H25N3.